The molecule has 0 bridgehead atoms. The van der Waals surface area contributed by atoms with Crippen molar-refractivity contribution in [2.75, 3.05) is 0 Å². The lowest BCUT2D eigenvalue weighted by molar-refractivity contribution is 0.624. The van der Waals surface area contributed by atoms with Gasteiger partial charge in [-0.05, 0) is 81.8 Å². The van der Waals surface area contributed by atoms with Crippen LogP contribution in [0.4, 0.5) is 8.78 Å². The molecule has 0 saturated carbocycles. The number of rotatable bonds is 2. The summed E-state index contributed by atoms with van der Waals surface area (Å²) < 4.78 is 28.9. The first kappa shape index (κ1) is 16.6. The maximum Gasteiger partial charge on any atom is 0.131 e. The third kappa shape index (κ3) is 3.17. The highest BCUT2D eigenvalue weighted by Gasteiger charge is 2.10. The van der Waals surface area contributed by atoms with E-state index in [0.717, 1.165) is 14.5 Å². The van der Waals surface area contributed by atoms with Gasteiger partial charge in [-0.2, -0.15) is 5.26 Å². The highest BCUT2D eigenvalue weighted by atomic mass is 127. The summed E-state index contributed by atoms with van der Waals surface area (Å²) in [6, 6.07) is 14.9. The zero-order valence-electron chi connectivity index (χ0n) is 12.8. The third-order valence-electron chi connectivity index (χ3n) is 3.86. The SMILES string of the molecule is Cc1ccc(/C(C#N)=C/c2c(F)ccc3ccc(F)cc23)cc1I. The van der Waals surface area contributed by atoms with Gasteiger partial charge in [0.25, 0.3) is 0 Å². The van der Waals surface area contributed by atoms with E-state index in [4.69, 9.17) is 0 Å². The average Bonchev–Trinajstić information content (AvgIpc) is 2.57. The molecular formula is C20H12F2IN. The van der Waals surface area contributed by atoms with Crippen LogP contribution in [0.3, 0.4) is 0 Å². The number of nitriles is 1. The highest BCUT2D eigenvalue weighted by Crippen LogP contribution is 2.28. The van der Waals surface area contributed by atoms with Crippen LogP contribution in [0, 0.1) is 33.5 Å². The number of halogens is 3. The molecule has 0 aromatic heterocycles. The monoisotopic (exact) mass is 431 g/mol. The van der Waals surface area contributed by atoms with E-state index < -0.39 is 11.6 Å². The summed E-state index contributed by atoms with van der Waals surface area (Å²) >= 11 is 2.20. The van der Waals surface area contributed by atoms with Gasteiger partial charge in [0.15, 0.2) is 0 Å². The number of nitrogens with zero attached hydrogens (tertiary/aromatic N) is 1. The quantitative estimate of drug-likeness (QED) is 0.274. The molecule has 3 rings (SSSR count). The summed E-state index contributed by atoms with van der Waals surface area (Å²) in [6.07, 6.45) is 1.48. The molecule has 0 unspecified atom stereocenters. The molecule has 0 aliphatic rings. The molecular weight excluding hydrogens is 419 g/mol. The maximum atomic E-state index is 14.3. The van der Waals surface area contributed by atoms with Crippen LogP contribution in [0.1, 0.15) is 16.7 Å². The lowest BCUT2D eigenvalue weighted by atomic mass is 9.98. The van der Waals surface area contributed by atoms with Crippen molar-refractivity contribution >= 4 is 45.0 Å². The van der Waals surface area contributed by atoms with Crippen LogP contribution >= 0.6 is 22.6 Å². The van der Waals surface area contributed by atoms with Gasteiger partial charge in [0.2, 0.25) is 0 Å². The van der Waals surface area contributed by atoms with Crippen molar-refractivity contribution < 1.29 is 8.78 Å². The predicted octanol–water partition coefficient (Wildman–Crippen LogP) is 6.10. The molecule has 24 heavy (non-hydrogen) atoms. The van der Waals surface area contributed by atoms with Crippen molar-refractivity contribution in [2.24, 2.45) is 0 Å². The fourth-order valence-corrected chi connectivity index (χ4v) is 3.04. The minimum atomic E-state index is -0.484. The Labute approximate surface area is 152 Å². The van der Waals surface area contributed by atoms with E-state index in [9.17, 15) is 14.0 Å². The molecule has 0 heterocycles. The van der Waals surface area contributed by atoms with Gasteiger partial charge in [0.1, 0.15) is 11.6 Å². The van der Waals surface area contributed by atoms with Crippen LogP contribution in [0.5, 0.6) is 0 Å². The molecule has 3 aromatic rings. The van der Waals surface area contributed by atoms with Gasteiger partial charge in [-0.1, -0.05) is 24.3 Å². The van der Waals surface area contributed by atoms with Gasteiger partial charge >= 0.3 is 0 Å². The first-order valence-electron chi connectivity index (χ1n) is 7.25. The Bertz CT molecular complexity index is 1010. The van der Waals surface area contributed by atoms with E-state index in [2.05, 4.69) is 28.7 Å². The third-order valence-corrected chi connectivity index (χ3v) is 5.03. The van der Waals surface area contributed by atoms with E-state index in [1.807, 2.05) is 25.1 Å². The van der Waals surface area contributed by atoms with E-state index in [0.29, 0.717) is 16.5 Å². The summed E-state index contributed by atoms with van der Waals surface area (Å²) in [5.41, 5.74) is 2.37. The molecule has 118 valence electrons. The van der Waals surface area contributed by atoms with Gasteiger partial charge in [-0.15, -0.1) is 0 Å². The molecule has 0 aliphatic carbocycles. The van der Waals surface area contributed by atoms with Gasteiger partial charge in [-0.25, -0.2) is 8.78 Å². The molecule has 4 heteroatoms. The smallest absolute Gasteiger partial charge is 0.131 e. The first-order valence-corrected chi connectivity index (χ1v) is 8.33. The summed E-state index contributed by atoms with van der Waals surface area (Å²) in [7, 11) is 0. The fourth-order valence-electron chi connectivity index (χ4n) is 2.52. The number of benzene rings is 3. The minimum Gasteiger partial charge on any atom is -0.207 e. The van der Waals surface area contributed by atoms with Gasteiger partial charge in [0, 0.05) is 9.13 Å². The van der Waals surface area contributed by atoms with Crippen molar-refractivity contribution in [1.29, 1.82) is 5.26 Å². The summed E-state index contributed by atoms with van der Waals surface area (Å²) in [4.78, 5) is 0. The van der Waals surface area contributed by atoms with E-state index in [1.54, 1.807) is 12.1 Å². The maximum absolute atomic E-state index is 14.3. The van der Waals surface area contributed by atoms with Crippen molar-refractivity contribution in [1.82, 2.24) is 0 Å². The van der Waals surface area contributed by atoms with Gasteiger partial charge in [-0.3, -0.25) is 0 Å². The molecule has 0 atom stereocenters. The van der Waals surface area contributed by atoms with Crippen LogP contribution in [0.25, 0.3) is 22.4 Å². The van der Waals surface area contributed by atoms with Crippen LogP contribution in [0.2, 0.25) is 0 Å². The van der Waals surface area contributed by atoms with Gasteiger partial charge in [0.05, 0.1) is 11.6 Å². The molecule has 3 aromatic carbocycles. The Morgan fingerprint density at radius 3 is 2.54 bits per heavy atom. The summed E-state index contributed by atoms with van der Waals surface area (Å²) in [5, 5.41) is 10.7. The normalized spacial score (nSPS) is 11.5. The average molecular weight is 431 g/mol. The topological polar surface area (TPSA) is 23.8 Å². The van der Waals surface area contributed by atoms with Crippen LogP contribution in [0.15, 0.2) is 48.5 Å². The summed E-state index contributed by atoms with van der Waals surface area (Å²) in [5.74, 6) is -0.922. The largest absolute Gasteiger partial charge is 0.207 e. The lowest BCUT2D eigenvalue weighted by Gasteiger charge is -2.07. The molecule has 0 amide bonds. The van der Waals surface area contributed by atoms with Crippen molar-refractivity contribution in [3.05, 3.63) is 80.4 Å². The Hall–Kier alpha value is -2.26. The molecule has 0 aliphatic heterocycles. The predicted molar refractivity (Wildman–Crippen MR) is 101 cm³/mol. The zero-order chi connectivity index (χ0) is 17.3. The van der Waals surface area contributed by atoms with Crippen LogP contribution in [-0.2, 0) is 0 Å². The van der Waals surface area contributed by atoms with Crippen molar-refractivity contribution in [2.45, 2.75) is 6.92 Å². The number of allylic oxidation sites excluding steroid dienone is 1. The second-order valence-electron chi connectivity index (χ2n) is 5.46. The molecule has 0 spiro atoms. The number of hydrogen-bond acceptors (Lipinski definition) is 1. The Morgan fingerprint density at radius 1 is 1.08 bits per heavy atom. The van der Waals surface area contributed by atoms with E-state index in [-0.39, 0.29) is 5.56 Å². The highest BCUT2D eigenvalue weighted by molar-refractivity contribution is 14.1. The Balaban J connectivity index is 2.23. The van der Waals surface area contributed by atoms with Gasteiger partial charge < -0.3 is 0 Å². The van der Waals surface area contributed by atoms with Crippen molar-refractivity contribution in [3.63, 3.8) is 0 Å². The lowest BCUT2D eigenvalue weighted by Crippen LogP contribution is -1.90. The summed E-state index contributed by atoms with van der Waals surface area (Å²) in [6.45, 7) is 1.98. The zero-order valence-corrected chi connectivity index (χ0v) is 14.9. The fraction of sp³-hybridized carbons (Fsp3) is 0.0500. The second kappa shape index (κ2) is 6.70. The standard InChI is InChI=1S/C20H12F2IN/c1-12-2-3-14(9-20(12)23)15(11-24)8-18-17-10-16(21)6-4-13(17)5-7-19(18)22/h2-10H,1H3/b15-8+. The first-order chi connectivity index (χ1) is 11.5. The van der Waals surface area contributed by atoms with Crippen LogP contribution < -0.4 is 0 Å². The number of fused-ring (bicyclic) bond motifs is 1. The second-order valence-corrected chi connectivity index (χ2v) is 6.62. The van der Waals surface area contributed by atoms with E-state index >= 15 is 0 Å². The Morgan fingerprint density at radius 2 is 1.83 bits per heavy atom. The Kier molecular flexibility index (Phi) is 4.63. The number of aryl methyl sites for hydroxylation is 1. The molecule has 0 radical (unpaired) electrons. The number of hydrogen-bond donors (Lipinski definition) is 0. The molecule has 0 fully saturated rings. The van der Waals surface area contributed by atoms with Crippen molar-refractivity contribution in [3.8, 4) is 6.07 Å². The molecule has 0 saturated heterocycles. The van der Waals surface area contributed by atoms with E-state index in [1.165, 1.54) is 24.3 Å². The molecule has 0 N–H and O–H groups in total. The minimum absolute atomic E-state index is 0.221. The molecule has 1 nitrogen and oxygen atoms in total. The van der Waals surface area contributed by atoms with Crippen LogP contribution in [-0.4, -0.2) is 0 Å².